The average molecular weight is 328 g/mol. The smallest absolute Gasteiger partial charge is 0.356 e. The Hall–Kier alpha value is -1.46. The van der Waals surface area contributed by atoms with Crippen LogP contribution < -0.4 is 0 Å². The van der Waals surface area contributed by atoms with Crippen molar-refractivity contribution in [1.29, 1.82) is 0 Å². The molecule has 0 saturated carbocycles. The van der Waals surface area contributed by atoms with Crippen molar-refractivity contribution in [3.63, 3.8) is 0 Å². The standard InChI is InChI=1S/C12H8BrClN2O2/c13-8-3-1-7(2-4-8)5-10-15-6-9(14)11(16-10)12(17)18/h1-4,6H,5H2,(H,17,18). The second kappa shape index (κ2) is 5.46. The molecule has 0 amide bonds. The molecule has 0 aliphatic rings. The second-order valence-corrected chi connectivity index (χ2v) is 4.91. The zero-order chi connectivity index (χ0) is 13.1. The molecule has 4 nitrogen and oxygen atoms in total. The summed E-state index contributed by atoms with van der Waals surface area (Å²) >= 11 is 9.05. The number of carboxylic acids is 1. The fourth-order valence-corrected chi connectivity index (χ4v) is 1.86. The third-order valence-corrected chi connectivity index (χ3v) is 3.08. The summed E-state index contributed by atoms with van der Waals surface area (Å²) in [6.07, 6.45) is 1.77. The van der Waals surface area contributed by atoms with Crippen molar-refractivity contribution in [3.8, 4) is 0 Å². The van der Waals surface area contributed by atoms with Gasteiger partial charge in [0.1, 0.15) is 5.82 Å². The molecule has 92 valence electrons. The van der Waals surface area contributed by atoms with Crippen molar-refractivity contribution < 1.29 is 9.90 Å². The predicted octanol–water partition coefficient (Wildman–Crippen LogP) is 3.18. The minimum atomic E-state index is -1.15. The van der Waals surface area contributed by atoms with E-state index in [0.717, 1.165) is 10.0 Å². The molecule has 0 bridgehead atoms. The number of carbonyl (C=O) groups is 1. The van der Waals surface area contributed by atoms with E-state index in [9.17, 15) is 4.79 Å². The van der Waals surface area contributed by atoms with Crippen molar-refractivity contribution in [2.75, 3.05) is 0 Å². The van der Waals surface area contributed by atoms with Crippen molar-refractivity contribution in [1.82, 2.24) is 9.97 Å². The lowest BCUT2D eigenvalue weighted by Gasteiger charge is -2.03. The SMILES string of the molecule is O=C(O)c1nc(Cc2ccc(Br)cc2)ncc1Cl. The Bertz CT molecular complexity index is 587. The minimum Gasteiger partial charge on any atom is -0.476 e. The average Bonchev–Trinajstić information content (AvgIpc) is 2.34. The molecule has 0 spiro atoms. The lowest BCUT2D eigenvalue weighted by molar-refractivity contribution is 0.0690. The summed E-state index contributed by atoms with van der Waals surface area (Å²) in [5.41, 5.74) is 0.829. The third kappa shape index (κ3) is 3.05. The van der Waals surface area contributed by atoms with Gasteiger partial charge in [0.2, 0.25) is 0 Å². The summed E-state index contributed by atoms with van der Waals surface area (Å²) in [4.78, 5) is 18.8. The highest BCUT2D eigenvalue weighted by atomic mass is 79.9. The van der Waals surface area contributed by atoms with Gasteiger partial charge >= 0.3 is 5.97 Å². The first kappa shape index (κ1) is 13.0. The first-order valence-electron chi connectivity index (χ1n) is 5.05. The van der Waals surface area contributed by atoms with Crippen LogP contribution in [0.4, 0.5) is 0 Å². The molecule has 6 heteroatoms. The molecule has 0 unspecified atom stereocenters. The van der Waals surface area contributed by atoms with E-state index in [4.69, 9.17) is 16.7 Å². The molecule has 2 aromatic rings. The molecular weight excluding hydrogens is 320 g/mol. The van der Waals surface area contributed by atoms with Crippen LogP contribution in [0.5, 0.6) is 0 Å². The van der Waals surface area contributed by atoms with Gasteiger partial charge in [0.05, 0.1) is 11.2 Å². The van der Waals surface area contributed by atoms with Gasteiger partial charge in [-0.25, -0.2) is 14.8 Å². The highest BCUT2D eigenvalue weighted by Gasteiger charge is 2.12. The summed E-state index contributed by atoms with van der Waals surface area (Å²) in [7, 11) is 0. The van der Waals surface area contributed by atoms with Gasteiger partial charge in [-0.05, 0) is 17.7 Å². The van der Waals surface area contributed by atoms with Crippen LogP contribution in [0.3, 0.4) is 0 Å². The van der Waals surface area contributed by atoms with Gasteiger partial charge in [0.25, 0.3) is 0 Å². The topological polar surface area (TPSA) is 63.1 Å². The Kier molecular flexibility index (Phi) is 3.93. The minimum absolute atomic E-state index is 0.0436. The molecule has 1 N–H and O–H groups in total. The van der Waals surface area contributed by atoms with Gasteiger partial charge in [-0.15, -0.1) is 0 Å². The molecule has 0 radical (unpaired) electrons. The Morgan fingerprint density at radius 1 is 1.33 bits per heavy atom. The number of benzene rings is 1. The molecule has 0 aliphatic heterocycles. The quantitative estimate of drug-likeness (QED) is 0.940. The Labute approximate surface area is 117 Å². The molecule has 1 heterocycles. The number of rotatable bonds is 3. The van der Waals surface area contributed by atoms with Gasteiger partial charge in [0.15, 0.2) is 5.69 Å². The van der Waals surface area contributed by atoms with Crippen LogP contribution in [-0.2, 0) is 6.42 Å². The van der Waals surface area contributed by atoms with Crippen LogP contribution in [0.25, 0.3) is 0 Å². The van der Waals surface area contributed by atoms with Crippen LogP contribution in [0.1, 0.15) is 21.9 Å². The van der Waals surface area contributed by atoms with Gasteiger partial charge in [0, 0.05) is 10.9 Å². The first-order valence-corrected chi connectivity index (χ1v) is 6.22. The third-order valence-electron chi connectivity index (χ3n) is 2.27. The molecule has 1 aromatic heterocycles. The summed E-state index contributed by atoms with van der Waals surface area (Å²) in [6.45, 7) is 0. The van der Waals surface area contributed by atoms with Crippen LogP contribution >= 0.6 is 27.5 Å². The highest BCUT2D eigenvalue weighted by Crippen LogP contribution is 2.15. The lowest BCUT2D eigenvalue weighted by Crippen LogP contribution is -2.06. The molecule has 0 fully saturated rings. The van der Waals surface area contributed by atoms with E-state index >= 15 is 0 Å². The molecule has 0 atom stereocenters. The van der Waals surface area contributed by atoms with E-state index in [0.29, 0.717) is 12.2 Å². The van der Waals surface area contributed by atoms with Gasteiger partial charge in [-0.3, -0.25) is 0 Å². The second-order valence-electron chi connectivity index (χ2n) is 3.59. The normalized spacial score (nSPS) is 10.3. The van der Waals surface area contributed by atoms with Crippen molar-refractivity contribution in [2.45, 2.75) is 6.42 Å². The maximum atomic E-state index is 10.9. The van der Waals surface area contributed by atoms with Crippen LogP contribution in [-0.4, -0.2) is 21.0 Å². The predicted molar refractivity (Wildman–Crippen MR) is 70.9 cm³/mol. The van der Waals surface area contributed by atoms with E-state index in [1.54, 1.807) is 0 Å². The largest absolute Gasteiger partial charge is 0.476 e. The maximum Gasteiger partial charge on any atom is 0.356 e. The Morgan fingerprint density at radius 3 is 2.61 bits per heavy atom. The zero-order valence-corrected chi connectivity index (χ0v) is 11.4. The van der Waals surface area contributed by atoms with Crippen molar-refractivity contribution >= 4 is 33.5 Å². The number of carboxylic acid groups (broad SMARTS) is 1. The van der Waals surface area contributed by atoms with Crippen molar-refractivity contribution in [2.24, 2.45) is 0 Å². The Morgan fingerprint density at radius 2 is 2.00 bits per heavy atom. The lowest BCUT2D eigenvalue weighted by atomic mass is 10.1. The summed E-state index contributed by atoms with van der Waals surface area (Å²) in [5.74, 6) is -0.724. The van der Waals surface area contributed by atoms with Crippen LogP contribution in [0.2, 0.25) is 5.02 Å². The fraction of sp³-hybridized carbons (Fsp3) is 0.0833. The summed E-state index contributed by atoms with van der Waals surface area (Å²) < 4.78 is 0.981. The summed E-state index contributed by atoms with van der Waals surface area (Å²) in [5, 5.41) is 8.96. The first-order chi connectivity index (χ1) is 8.56. The van der Waals surface area contributed by atoms with Gasteiger partial charge in [-0.1, -0.05) is 39.7 Å². The number of aromatic nitrogens is 2. The number of hydrogen-bond donors (Lipinski definition) is 1. The highest BCUT2D eigenvalue weighted by molar-refractivity contribution is 9.10. The van der Waals surface area contributed by atoms with Gasteiger partial charge in [-0.2, -0.15) is 0 Å². The van der Waals surface area contributed by atoms with E-state index in [1.807, 2.05) is 24.3 Å². The number of hydrogen-bond acceptors (Lipinski definition) is 3. The molecule has 0 saturated heterocycles. The molecule has 18 heavy (non-hydrogen) atoms. The van der Waals surface area contributed by atoms with Gasteiger partial charge < -0.3 is 5.11 Å². The summed E-state index contributed by atoms with van der Waals surface area (Å²) in [6, 6.07) is 7.65. The monoisotopic (exact) mass is 326 g/mol. The molecule has 2 rings (SSSR count). The van der Waals surface area contributed by atoms with Crippen molar-refractivity contribution in [3.05, 3.63) is 57.0 Å². The molecule has 0 aliphatic carbocycles. The van der Waals surface area contributed by atoms with E-state index in [-0.39, 0.29) is 10.7 Å². The molecule has 1 aromatic carbocycles. The van der Waals surface area contributed by atoms with Crippen LogP contribution in [0.15, 0.2) is 34.9 Å². The fourth-order valence-electron chi connectivity index (χ4n) is 1.42. The van der Waals surface area contributed by atoms with E-state index in [1.165, 1.54) is 6.20 Å². The van der Waals surface area contributed by atoms with E-state index in [2.05, 4.69) is 25.9 Å². The molecular formula is C12H8BrClN2O2. The number of nitrogens with zero attached hydrogens (tertiary/aromatic N) is 2. The van der Waals surface area contributed by atoms with Crippen LogP contribution in [0, 0.1) is 0 Å². The number of halogens is 2. The van der Waals surface area contributed by atoms with E-state index < -0.39 is 5.97 Å². The zero-order valence-electron chi connectivity index (χ0n) is 9.10. The maximum absolute atomic E-state index is 10.9. The number of aromatic carboxylic acids is 1. The Balaban J connectivity index is 2.27.